The SMILES string of the molecule is CCC(CN)C(=O)Nc1cc(C(=O)O)cc(C(=O)O)c1. The van der Waals surface area contributed by atoms with Gasteiger partial charge in [0.15, 0.2) is 0 Å². The highest BCUT2D eigenvalue weighted by Crippen LogP contribution is 2.17. The van der Waals surface area contributed by atoms with Crippen molar-refractivity contribution in [3.05, 3.63) is 29.3 Å². The van der Waals surface area contributed by atoms with E-state index in [0.29, 0.717) is 6.42 Å². The fraction of sp³-hybridized carbons (Fsp3) is 0.308. The molecule has 1 unspecified atom stereocenters. The zero-order valence-corrected chi connectivity index (χ0v) is 10.9. The van der Waals surface area contributed by atoms with Crippen LogP contribution in [0.25, 0.3) is 0 Å². The molecule has 1 aromatic rings. The Kier molecular flexibility index (Phi) is 5.22. The first kappa shape index (κ1) is 15.6. The first-order chi connectivity index (χ1) is 9.38. The molecule has 20 heavy (non-hydrogen) atoms. The molecule has 0 fully saturated rings. The van der Waals surface area contributed by atoms with E-state index >= 15 is 0 Å². The van der Waals surface area contributed by atoms with Crippen LogP contribution in [-0.4, -0.2) is 34.6 Å². The van der Waals surface area contributed by atoms with Crippen molar-refractivity contribution in [2.45, 2.75) is 13.3 Å². The highest BCUT2D eigenvalue weighted by Gasteiger charge is 2.17. The molecule has 1 amide bonds. The number of carboxylic acid groups (broad SMARTS) is 2. The van der Waals surface area contributed by atoms with Crippen molar-refractivity contribution in [3.8, 4) is 0 Å². The van der Waals surface area contributed by atoms with Gasteiger partial charge in [-0.05, 0) is 24.6 Å². The van der Waals surface area contributed by atoms with Crippen LogP contribution in [0.1, 0.15) is 34.1 Å². The van der Waals surface area contributed by atoms with Crippen LogP contribution in [0.3, 0.4) is 0 Å². The number of hydrogen-bond donors (Lipinski definition) is 4. The number of nitrogens with two attached hydrogens (primary N) is 1. The standard InChI is InChI=1S/C13H16N2O5/c1-2-7(6-14)11(16)15-10-4-8(12(17)18)3-9(5-10)13(19)20/h3-5,7H,2,6,14H2,1H3,(H,15,16)(H,17,18)(H,19,20). The third-order valence-corrected chi connectivity index (χ3v) is 2.84. The molecule has 1 atom stereocenters. The van der Waals surface area contributed by atoms with Crippen LogP contribution in [0.2, 0.25) is 0 Å². The lowest BCUT2D eigenvalue weighted by Crippen LogP contribution is -2.28. The summed E-state index contributed by atoms with van der Waals surface area (Å²) in [6.45, 7) is 1.96. The molecule has 108 valence electrons. The number of aromatic carboxylic acids is 2. The Hall–Kier alpha value is -2.41. The lowest BCUT2D eigenvalue weighted by Gasteiger charge is -2.13. The van der Waals surface area contributed by atoms with Crippen molar-refractivity contribution in [1.29, 1.82) is 0 Å². The van der Waals surface area contributed by atoms with Crippen LogP contribution in [-0.2, 0) is 4.79 Å². The normalized spacial score (nSPS) is 11.7. The molecule has 0 radical (unpaired) electrons. The van der Waals surface area contributed by atoms with E-state index in [2.05, 4.69) is 5.32 Å². The molecule has 7 nitrogen and oxygen atoms in total. The summed E-state index contributed by atoms with van der Waals surface area (Å²) >= 11 is 0. The number of anilines is 1. The van der Waals surface area contributed by atoms with Crippen molar-refractivity contribution < 1.29 is 24.6 Å². The summed E-state index contributed by atoms with van der Waals surface area (Å²) in [5.41, 5.74) is 5.15. The van der Waals surface area contributed by atoms with Gasteiger partial charge in [-0.1, -0.05) is 6.92 Å². The maximum atomic E-state index is 11.9. The Morgan fingerprint density at radius 2 is 1.65 bits per heavy atom. The summed E-state index contributed by atoms with van der Waals surface area (Å²) in [6, 6.07) is 3.44. The van der Waals surface area contributed by atoms with Crippen LogP contribution in [0.5, 0.6) is 0 Å². The maximum Gasteiger partial charge on any atom is 0.335 e. The van der Waals surface area contributed by atoms with Crippen molar-refractivity contribution in [2.75, 3.05) is 11.9 Å². The van der Waals surface area contributed by atoms with Gasteiger partial charge in [0.25, 0.3) is 0 Å². The van der Waals surface area contributed by atoms with E-state index in [1.165, 1.54) is 12.1 Å². The molecule has 0 saturated carbocycles. The molecular weight excluding hydrogens is 264 g/mol. The molecule has 0 aliphatic rings. The van der Waals surface area contributed by atoms with E-state index in [4.69, 9.17) is 15.9 Å². The molecule has 1 aromatic carbocycles. The third-order valence-electron chi connectivity index (χ3n) is 2.84. The van der Waals surface area contributed by atoms with Gasteiger partial charge in [-0.2, -0.15) is 0 Å². The second-order valence-electron chi connectivity index (χ2n) is 4.24. The molecule has 0 aliphatic carbocycles. The second-order valence-corrected chi connectivity index (χ2v) is 4.24. The Balaban J connectivity index is 3.08. The summed E-state index contributed by atoms with van der Waals surface area (Å²) in [5.74, 6) is -3.31. The van der Waals surface area contributed by atoms with Gasteiger partial charge < -0.3 is 21.3 Å². The van der Waals surface area contributed by atoms with Crippen molar-refractivity contribution in [2.24, 2.45) is 11.7 Å². The first-order valence-corrected chi connectivity index (χ1v) is 6.01. The fourth-order valence-electron chi connectivity index (χ4n) is 1.65. The highest BCUT2D eigenvalue weighted by molar-refractivity contribution is 5.99. The Morgan fingerprint density at radius 3 is 2.00 bits per heavy atom. The van der Waals surface area contributed by atoms with Gasteiger partial charge in [-0.15, -0.1) is 0 Å². The highest BCUT2D eigenvalue weighted by atomic mass is 16.4. The smallest absolute Gasteiger partial charge is 0.335 e. The van der Waals surface area contributed by atoms with Crippen LogP contribution < -0.4 is 11.1 Å². The topological polar surface area (TPSA) is 130 Å². The monoisotopic (exact) mass is 280 g/mol. The Morgan fingerprint density at radius 1 is 1.15 bits per heavy atom. The van der Waals surface area contributed by atoms with Crippen molar-refractivity contribution in [1.82, 2.24) is 0 Å². The van der Waals surface area contributed by atoms with E-state index in [1.807, 2.05) is 0 Å². The lowest BCUT2D eigenvalue weighted by atomic mass is 10.1. The summed E-state index contributed by atoms with van der Waals surface area (Å²) in [4.78, 5) is 33.7. The van der Waals surface area contributed by atoms with Crippen LogP contribution in [0.4, 0.5) is 5.69 Å². The zero-order chi connectivity index (χ0) is 15.3. The number of amides is 1. The Bertz CT molecular complexity index is 505. The minimum absolute atomic E-state index is 0.124. The average Bonchev–Trinajstić information content (AvgIpc) is 2.39. The van der Waals surface area contributed by atoms with Crippen molar-refractivity contribution >= 4 is 23.5 Å². The van der Waals surface area contributed by atoms with Crippen LogP contribution in [0.15, 0.2) is 18.2 Å². The molecule has 0 aromatic heterocycles. The molecule has 7 heteroatoms. The predicted octanol–water partition coefficient (Wildman–Crippen LogP) is 1.01. The van der Waals surface area contributed by atoms with Gasteiger partial charge >= 0.3 is 11.9 Å². The second kappa shape index (κ2) is 6.67. The molecule has 0 bridgehead atoms. The summed E-state index contributed by atoms with van der Waals surface area (Å²) in [7, 11) is 0. The average molecular weight is 280 g/mol. The van der Waals surface area contributed by atoms with E-state index < -0.39 is 17.9 Å². The first-order valence-electron chi connectivity index (χ1n) is 6.01. The Labute approximate surface area is 115 Å². The molecule has 0 saturated heterocycles. The molecule has 1 rings (SSSR count). The number of carboxylic acids is 2. The number of nitrogens with one attached hydrogen (secondary N) is 1. The van der Waals surface area contributed by atoms with Crippen LogP contribution >= 0.6 is 0 Å². The summed E-state index contributed by atoms with van der Waals surface area (Å²) < 4.78 is 0. The quantitative estimate of drug-likeness (QED) is 0.615. The van der Waals surface area contributed by atoms with E-state index in [0.717, 1.165) is 6.07 Å². The number of hydrogen-bond acceptors (Lipinski definition) is 4. The molecule has 0 spiro atoms. The number of benzene rings is 1. The predicted molar refractivity (Wildman–Crippen MR) is 71.8 cm³/mol. The minimum Gasteiger partial charge on any atom is -0.478 e. The third kappa shape index (κ3) is 3.79. The van der Waals surface area contributed by atoms with Crippen LogP contribution in [0, 0.1) is 5.92 Å². The molecule has 0 aliphatic heterocycles. The summed E-state index contributed by atoms with van der Waals surface area (Å²) in [6.07, 6.45) is 0.534. The molecule has 0 heterocycles. The van der Waals surface area contributed by atoms with Gasteiger partial charge in [0.1, 0.15) is 0 Å². The number of rotatable bonds is 6. The fourth-order valence-corrected chi connectivity index (χ4v) is 1.65. The maximum absolute atomic E-state index is 11.9. The van der Waals surface area contributed by atoms with Crippen molar-refractivity contribution in [3.63, 3.8) is 0 Å². The van der Waals surface area contributed by atoms with Gasteiger partial charge in [-0.3, -0.25) is 4.79 Å². The van der Waals surface area contributed by atoms with Gasteiger partial charge in [0.05, 0.1) is 17.0 Å². The largest absolute Gasteiger partial charge is 0.478 e. The van der Waals surface area contributed by atoms with Gasteiger partial charge in [0.2, 0.25) is 5.91 Å². The molecular formula is C13H16N2O5. The number of carbonyl (C=O) groups excluding carboxylic acids is 1. The van der Waals surface area contributed by atoms with E-state index in [9.17, 15) is 14.4 Å². The van der Waals surface area contributed by atoms with Gasteiger partial charge in [-0.25, -0.2) is 9.59 Å². The summed E-state index contributed by atoms with van der Waals surface area (Å²) in [5, 5.41) is 20.3. The van der Waals surface area contributed by atoms with E-state index in [-0.39, 0.29) is 29.3 Å². The zero-order valence-electron chi connectivity index (χ0n) is 10.9. The number of carbonyl (C=O) groups is 3. The van der Waals surface area contributed by atoms with E-state index in [1.54, 1.807) is 6.92 Å². The minimum atomic E-state index is -1.27. The lowest BCUT2D eigenvalue weighted by molar-refractivity contribution is -0.119. The molecule has 5 N–H and O–H groups in total. The van der Waals surface area contributed by atoms with Gasteiger partial charge in [0, 0.05) is 12.2 Å².